The number of benzene rings is 1. The summed E-state index contributed by atoms with van der Waals surface area (Å²) < 4.78 is 10.8. The number of piperidine rings is 1. The van der Waals surface area contributed by atoms with Crippen LogP contribution in [-0.2, 0) is 16.0 Å². The summed E-state index contributed by atoms with van der Waals surface area (Å²) >= 11 is 6.04. The van der Waals surface area contributed by atoms with Gasteiger partial charge < -0.3 is 14.2 Å². The summed E-state index contributed by atoms with van der Waals surface area (Å²) in [6.07, 6.45) is 3.75. The van der Waals surface area contributed by atoms with Crippen LogP contribution in [0, 0.1) is 0 Å². The number of rotatable bonds is 5. The van der Waals surface area contributed by atoms with Crippen LogP contribution in [0.3, 0.4) is 0 Å². The summed E-state index contributed by atoms with van der Waals surface area (Å²) in [7, 11) is 0. The minimum Gasteiger partial charge on any atom is -0.378 e. The summed E-state index contributed by atoms with van der Waals surface area (Å²) in [6.45, 7) is 4.30. The molecule has 2 aromatic rings. The second-order valence-corrected chi connectivity index (χ2v) is 7.69. The smallest absolute Gasteiger partial charge is 0.240 e. The molecule has 1 aromatic heterocycles. The number of amides is 1. The Kier molecular flexibility index (Phi) is 6.24. The first-order valence-corrected chi connectivity index (χ1v) is 10.3. The molecule has 28 heavy (non-hydrogen) atoms. The molecule has 3 heterocycles. The molecule has 1 unspecified atom stereocenters. The van der Waals surface area contributed by atoms with Crippen LogP contribution in [0.4, 0.5) is 0 Å². The Morgan fingerprint density at radius 2 is 2.07 bits per heavy atom. The van der Waals surface area contributed by atoms with Gasteiger partial charge in [0.1, 0.15) is 0 Å². The van der Waals surface area contributed by atoms with Crippen LogP contribution in [0.2, 0.25) is 5.02 Å². The molecule has 4 rings (SSSR count). The van der Waals surface area contributed by atoms with E-state index in [-0.39, 0.29) is 11.9 Å². The van der Waals surface area contributed by atoms with Crippen molar-refractivity contribution in [2.75, 3.05) is 39.4 Å². The molecule has 8 heteroatoms. The molecule has 2 aliphatic rings. The number of likely N-dealkylation sites (tertiary alicyclic amines) is 1. The predicted molar refractivity (Wildman–Crippen MR) is 105 cm³/mol. The number of aromatic nitrogens is 2. The van der Waals surface area contributed by atoms with Gasteiger partial charge >= 0.3 is 0 Å². The van der Waals surface area contributed by atoms with Crippen LogP contribution in [-0.4, -0.2) is 71.3 Å². The number of halogens is 1. The van der Waals surface area contributed by atoms with Gasteiger partial charge in [0.2, 0.25) is 17.6 Å². The van der Waals surface area contributed by atoms with Gasteiger partial charge in [-0.1, -0.05) is 35.3 Å². The molecular formula is C20H25ClN4O3. The van der Waals surface area contributed by atoms with Gasteiger partial charge in [-0.3, -0.25) is 9.69 Å². The highest BCUT2D eigenvalue weighted by atomic mass is 35.5. The fourth-order valence-electron chi connectivity index (χ4n) is 3.87. The van der Waals surface area contributed by atoms with Gasteiger partial charge in [-0.25, -0.2) is 0 Å². The maximum atomic E-state index is 13.0. The Hall–Kier alpha value is -1.96. The highest BCUT2D eigenvalue weighted by Gasteiger charge is 2.32. The molecule has 1 atom stereocenters. The van der Waals surface area contributed by atoms with Crippen LogP contribution in [0.25, 0.3) is 11.4 Å². The van der Waals surface area contributed by atoms with Crippen LogP contribution in [0.5, 0.6) is 0 Å². The average Bonchev–Trinajstić information content (AvgIpc) is 3.22. The zero-order chi connectivity index (χ0) is 19.3. The summed E-state index contributed by atoms with van der Waals surface area (Å²) in [4.78, 5) is 21.7. The molecular weight excluding hydrogens is 380 g/mol. The minimum absolute atomic E-state index is 0.0535. The SMILES string of the molecule is O=C(C1CCCCN1CCc1nc(-c2cccc(Cl)c2)no1)N1CCOCC1. The number of hydrogen-bond acceptors (Lipinski definition) is 6. The summed E-state index contributed by atoms with van der Waals surface area (Å²) in [5.74, 6) is 1.35. The van der Waals surface area contributed by atoms with Crippen molar-refractivity contribution in [2.24, 2.45) is 0 Å². The lowest BCUT2D eigenvalue weighted by molar-refractivity contribution is -0.142. The second kappa shape index (κ2) is 9.03. The standard InChI is InChI=1S/C20H25ClN4O3/c21-16-5-3-4-15(14-16)19-22-18(28-23-19)7-9-24-8-2-1-6-17(24)20(26)25-10-12-27-13-11-25/h3-5,14,17H,1-2,6-13H2. The fraction of sp³-hybridized carbons (Fsp3) is 0.550. The molecule has 0 bridgehead atoms. The third kappa shape index (κ3) is 4.54. The first kappa shape index (κ1) is 19.4. The normalized spacial score (nSPS) is 21.0. The van der Waals surface area contributed by atoms with Crippen LogP contribution < -0.4 is 0 Å². The Labute approximate surface area is 169 Å². The van der Waals surface area contributed by atoms with Gasteiger partial charge in [0.15, 0.2) is 0 Å². The molecule has 150 valence electrons. The minimum atomic E-state index is -0.0535. The average molecular weight is 405 g/mol. The van der Waals surface area contributed by atoms with Gasteiger partial charge in [-0.2, -0.15) is 4.98 Å². The number of morpholine rings is 1. The van der Waals surface area contributed by atoms with Crippen molar-refractivity contribution in [3.8, 4) is 11.4 Å². The molecule has 0 radical (unpaired) electrons. The Morgan fingerprint density at radius 1 is 1.21 bits per heavy atom. The largest absolute Gasteiger partial charge is 0.378 e. The van der Waals surface area contributed by atoms with Crippen molar-refractivity contribution in [1.82, 2.24) is 19.9 Å². The predicted octanol–water partition coefficient (Wildman–Crippen LogP) is 2.65. The molecule has 2 saturated heterocycles. The molecule has 0 spiro atoms. The zero-order valence-electron chi connectivity index (χ0n) is 15.8. The fourth-order valence-corrected chi connectivity index (χ4v) is 4.06. The van der Waals surface area contributed by atoms with Crippen LogP contribution in [0.1, 0.15) is 25.2 Å². The van der Waals surface area contributed by atoms with Gasteiger partial charge in [0.25, 0.3) is 0 Å². The lowest BCUT2D eigenvalue weighted by Crippen LogP contribution is -2.53. The van der Waals surface area contributed by atoms with Crippen molar-refractivity contribution in [3.63, 3.8) is 0 Å². The monoisotopic (exact) mass is 404 g/mol. The van der Waals surface area contributed by atoms with Crippen LogP contribution >= 0.6 is 11.6 Å². The van der Waals surface area contributed by atoms with E-state index in [1.165, 1.54) is 0 Å². The van der Waals surface area contributed by atoms with E-state index < -0.39 is 0 Å². The molecule has 0 aliphatic carbocycles. The van der Waals surface area contributed by atoms with Crippen molar-refractivity contribution in [2.45, 2.75) is 31.7 Å². The second-order valence-electron chi connectivity index (χ2n) is 7.26. The number of hydrogen-bond donors (Lipinski definition) is 0. The van der Waals surface area contributed by atoms with Gasteiger partial charge in [-0.05, 0) is 31.5 Å². The number of nitrogens with zero attached hydrogens (tertiary/aromatic N) is 4. The highest BCUT2D eigenvalue weighted by Crippen LogP contribution is 2.22. The topological polar surface area (TPSA) is 71.7 Å². The van der Waals surface area contributed by atoms with E-state index in [9.17, 15) is 4.79 Å². The summed E-state index contributed by atoms with van der Waals surface area (Å²) in [5, 5.41) is 4.71. The molecule has 1 amide bonds. The van der Waals surface area contributed by atoms with Crippen LogP contribution in [0.15, 0.2) is 28.8 Å². The van der Waals surface area contributed by atoms with Gasteiger partial charge in [-0.15, -0.1) is 0 Å². The zero-order valence-corrected chi connectivity index (χ0v) is 16.6. The van der Waals surface area contributed by atoms with Crippen molar-refractivity contribution in [1.29, 1.82) is 0 Å². The van der Waals surface area contributed by atoms with E-state index in [4.69, 9.17) is 20.9 Å². The Bertz CT molecular complexity index is 806. The van der Waals surface area contributed by atoms with Crippen molar-refractivity contribution in [3.05, 3.63) is 35.2 Å². The maximum Gasteiger partial charge on any atom is 0.240 e. The van der Waals surface area contributed by atoms with E-state index in [0.29, 0.717) is 49.5 Å². The third-order valence-electron chi connectivity index (χ3n) is 5.39. The first-order chi connectivity index (χ1) is 13.7. The van der Waals surface area contributed by atoms with E-state index in [0.717, 1.165) is 37.9 Å². The highest BCUT2D eigenvalue weighted by molar-refractivity contribution is 6.30. The van der Waals surface area contributed by atoms with Gasteiger partial charge in [0.05, 0.1) is 19.3 Å². The molecule has 1 aromatic carbocycles. The van der Waals surface area contributed by atoms with E-state index in [2.05, 4.69) is 15.0 Å². The Morgan fingerprint density at radius 3 is 2.89 bits per heavy atom. The molecule has 2 fully saturated rings. The number of carbonyl (C=O) groups excluding carboxylic acids is 1. The quantitative estimate of drug-likeness (QED) is 0.762. The number of ether oxygens (including phenoxy) is 1. The first-order valence-electron chi connectivity index (χ1n) is 9.90. The van der Waals surface area contributed by atoms with Crippen molar-refractivity contribution >= 4 is 17.5 Å². The lowest BCUT2D eigenvalue weighted by Gasteiger charge is -2.38. The summed E-state index contributed by atoms with van der Waals surface area (Å²) in [5.41, 5.74) is 0.834. The van der Waals surface area contributed by atoms with E-state index >= 15 is 0 Å². The molecule has 0 saturated carbocycles. The van der Waals surface area contributed by atoms with E-state index in [1.54, 1.807) is 0 Å². The molecule has 0 N–H and O–H groups in total. The lowest BCUT2D eigenvalue weighted by atomic mass is 10.0. The number of carbonyl (C=O) groups is 1. The van der Waals surface area contributed by atoms with Crippen molar-refractivity contribution < 1.29 is 14.1 Å². The third-order valence-corrected chi connectivity index (χ3v) is 5.62. The summed E-state index contributed by atoms with van der Waals surface area (Å²) in [6, 6.07) is 7.35. The molecule has 7 nitrogen and oxygen atoms in total. The Balaban J connectivity index is 1.38. The van der Waals surface area contributed by atoms with Gasteiger partial charge in [0, 0.05) is 36.6 Å². The maximum absolute atomic E-state index is 13.0. The van der Waals surface area contributed by atoms with E-state index in [1.807, 2.05) is 29.2 Å². The molecule has 2 aliphatic heterocycles.